The van der Waals surface area contributed by atoms with Gasteiger partial charge in [-0.05, 0) is 71.8 Å². The molecule has 1 saturated carbocycles. The monoisotopic (exact) mass is 483 g/mol. The molecule has 0 amide bonds. The molecule has 3 heterocycles. The van der Waals surface area contributed by atoms with Crippen LogP contribution >= 0.6 is 0 Å². The highest BCUT2D eigenvalue weighted by molar-refractivity contribution is 5.89. The first-order chi connectivity index (χ1) is 17.5. The average molecular weight is 484 g/mol. The van der Waals surface area contributed by atoms with Crippen LogP contribution in [0.4, 0.5) is 15.9 Å². The Morgan fingerprint density at radius 2 is 1.69 bits per heavy atom. The summed E-state index contributed by atoms with van der Waals surface area (Å²) in [4.78, 5) is 23.7. The Morgan fingerprint density at radius 1 is 0.944 bits per heavy atom. The van der Waals surface area contributed by atoms with Gasteiger partial charge in [0.05, 0.1) is 0 Å². The molecule has 1 saturated heterocycles. The molecule has 3 N–H and O–H groups in total. The largest absolute Gasteiger partial charge is 0.383 e. The molecule has 2 aromatic heterocycles. The molecule has 1 aliphatic heterocycles. The van der Waals surface area contributed by atoms with Crippen LogP contribution in [0.2, 0.25) is 0 Å². The van der Waals surface area contributed by atoms with E-state index in [1.165, 1.54) is 25.8 Å². The Labute approximate surface area is 209 Å². The number of anilines is 2. The molecule has 1 aliphatic carbocycles. The van der Waals surface area contributed by atoms with Gasteiger partial charge in [0.25, 0.3) is 5.56 Å². The van der Waals surface area contributed by atoms with E-state index >= 15 is 0 Å². The zero-order chi connectivity index (χ0) is 24.6. The van der Waals surface area contributed by atoms with E-state index in [0.29, 0.717) is 16.5 Å². The number of hydrogen-bond donors (Lipinski definition) is 2. The molecule has 2 aliphatic rings. The molecule has 0 atom stereocenters. The van der Waals surface area contributed by atoms with Gasteiger partial charge in [-0.1, -0.05) is 31.0 Å². The number of aromatic nitrogens is 2. The van der Waals surface area contributed by atoms with E-state index in [1.807, 2.05) is 30.3 Å². The van der Waals surface area contributed by atoms with E-state index < -0.39 is 5.95 Å². The molecule has 2 aromatic carbocycles. The zero-order valence-electron chi connectivity index (χ0n) is 20.2. The molecule has 0 bridgehead atoms. The first kappa shape index (κ1) is 22.7. The number of nitrogen functional groups attached to an aromatic ring is 1. The van der Waals surface area contributed by atoms with Crippen molar-refractivity contribution in [2.45, 2.75) is 19.3 Å². The van der Waals surface area contributed by atoms with E-state index in [2.05, 4.69) is 31.9 Å². The van der Waals surface area contributed by atoms with Gasteiger partial charge < -0.3 is 15.6 Å². The summed E-state index contributed by atoms with van der Waals surface area (Å²) in [7, 11) is 0. The van der Waals surface area contributed by atoms with E-state index in [4.69, 9.17) is 5.73 Å². The van der Waals surface area contributed by atoms with Crippen LogP contribution in [0.25, 0.3) is 33.0 Å². The molecule has 6 rings (SSSR count). The number of nitrogens with one attached hydrogen (secondary N) is 1. The van der Waals surface area contributed by atoms with Crippen molar-refractivity contribution >= 4 is 22.3 Å². The van der Waals surface area contributed by atoms with E-state index in [-0.39, 0.29) is 11.4 Å². The highest BCUT2D eigenvalue weighted by Crippen LogP contribution is 2.34. The first-order valence-corrected chi connectivity index (χ1v) is 12.7. The Bertz CT molecular complexity index is 1450. The predicted molar refractivity (Wildman–Crippen MR) is 144 cm³/mol. The fraction of sp³-hybridized carbons (Fsp3) is 0.310. The molecular formula is C29H30FN5O. The number of nitrogens with two attached hydrogens (primary N) is 1. The van der Waals surface area contributed by atoms with Crippen molar-refractivity contribution in [3.05, 3.63) is 77.1 Å². The number of H-pyrrole nitrogens is 1. The van der Waals surface area contributed by atoms with Crippen molar-refractivity contribution in [3.8, 4) is 22.3 Å². The number of piperazine rings is 1. The summed E-state index contributed by atoms with van der Waals surface area (Å²) < 4.78 is 14.9. The van der Waals surface area contributed by atoms with Crippen LogP contribution in [0.1, 0.15) is 19.3 Å². The van der Waals surface area contributed by atoms with E-state index in [1.54, 1.807) is 18.3 Å². The molecule has 36 heavy (non-hydrogen) atoms. The van der Waals surface area contributed by atoms with Crippen molar-refractivity contribution in [2.24, 2.45) is 5.92 Å². The van der Waals surface area contributed by atoms with Gasteiger partial charge in [0.2, 0.25) is 5.95 Å². The minimum atomic E-state index is -0.592. The van der Waals surface area contributed by atoms with Crippen LogP contribution in [0.15, 0.2) is 65.6 Å². The zero-order valence-corrected chi connectivity index (χ0v) is 20.2. The number of rotatable bonds is 6. The molecule has 0 spiro atoms. The lowest BCUT2D eigenvalue weighted by molar-refractivity contribution is 0.250. The number of pyridine rings is 2. The van der Waals surface area contributed by atoms with Gasteiger partial charge in [0.1, 0.15) is 5.82 Å². The third-order valence-corrected chi connectivity index (χ3v) is 7.56. The maximum Gasteiger partial charge on any atom is 0.255 e. The smallest absolute Gasteiger partial charge is 0.255 e. The number of fused-ring (bicyclic) bond motifs is 1. The van der Waals surface area contributed by atoms with Gasteiger partial charge in [0.15, 0.2) is 0 Å². The van der Waals surface area contributed by atoms with Crippen LogP contribution < -0.4 is 16.2 Å². The fourth-order valence-corrected chi connectivity index (χ4v) is 5.15. The minimum Gasteiger partial charge on any atom is -0.383 e. The first-order valence-electron chi connectivity index (χ1n) is 12.7. The normalized spacial score (nSPS) is 16.5. The van der Waals surface area contributed by atoms with Gasteiger partial charge in [0, 0.05) is 54.6 Å². The van der Waals surface area contributed by atoms with Crippen LogP contribution in [-0.2, 0) is 0 Å². The van der Waals surface area contributed by atoms with Gasteiger partial charge in [-0.15, -0.1) is 0 Å². The second-order valence-electron chi connectivity index (χ2n) is 9.98. The summed E-state index contributed by atoms with van der Waals surface area (Å²) in [6.45, 7) is 5.42. The maximum absolute atomic E-state index is 14.9. The quantitative estimate of drug-likeness (QED) is 0.382. The van der Waals surface area contributed by atoms with Crippen molar-refractivity contribution in [2.75, 3.05) is 43.4 Å². The molecule has 0 radical (unpaired) electrons. The molecule has 184 valence electrons. The number of nitrogens with zero attached hydrogens (tertiary/aromatic N) is 3. The third-order valence-electron chi connectivity index (χ3n) is 7.56. The second kappa shape index (κ2) is 9.39. The standard InChI is InChI=1S/C29H30FN5O/c30-27-25(18-26(28(31)33-27)21-5-8-24-22(17-21)9-11-32-29(24)36)20-3-6-23(7-4-20)35-15-13-34(14-16-35)12-10-19-1-2-19/h3-9,11,17-19H,1-2,10,12-16H2,(H2,31,33)(H,32,36). The molecular weight excluding hydrogens is 453 g/mol. The lowest BCUT2D eigenvalue weighted by Crippen LogP contribution is -2.46. The molecule has 0 unspecified atom stereocenters. The molecule has 4 aromatic rings. The number of aromatic amines is 1. The highest BCUT2D eigenvalue weighted by atomic mass is 19.1. The van der Waals surface area contributed by atoms with Crippen LogP contribution in [-0.4, -0.2) is 47.6 Å². The highest BCUT2D eigenvalue weighted by Gasteiger charge is 2.23. The number of hydrogen-bond acceptors (Lipinski definition) is 5. The minimum absolute atomic E-state index is 0.122. The Morgan fingerprint density at radius 3 is 2.44 bits per heavy atom. The summed E-state index contributed by atoms with van der Waals surface area (Å²) in [5, 5.41) is 1.38. The van der Waals surface area contributed by atoms with Crippen LogP contribution in [0, 0.1) is 11.9 Å². The summed E-state index contributed by atoms with van der Waals surface area (Å²) in [5.41, 5.74) is 9.71. The maximum atomic E-state index is 14.9. The van der Waals surface area contributed by atoms with Crippen LogP contribution in [0.3, 0.4) is 0 Å². The van der Waals surface area contributed by atoms with Crippen LogP contribution in [0.5, 0.6) is 0 Å². The van der Waals surface area contributed by atoms with Crippen molar-refractivity contribution in [3.63, 3.8) is 0 Å². The van der Waals surface area contributed by atoms with Crippen molar-refractivity contribution in [1.82, 2.24) is 14.9 Å². The lowest BCUT2D eigenvalue weighted by Gasteiger charge is -2.36. The summed E-state index contributed by atoms with van der Waals surface area (Å²) >= 11 is 0. The Balaban J connectivity index is 1.22. The fourth-order valence-electron chi connectivity index (χ4n) is 5.15. The summed E-state index contributed by atoms with van der Waals surface area (Å²) in [6.07, 6.45) is 5.79. The van der Waals surface area contributed by atoms with Gasteiger partial charge >= 0.3 is 0 Å². The second-order valence-corrected chi connectivity index (χ2v) is 9.98. The predicted octanol–water partition coefficient (Wildman–Crippen LogP) is 4.90. The number of benzene rings is 2. The molecule has 7 heteroatoms. The third kappa shape index (κ3) is 4.58. The van der Waals surface area contributed by atoms with Gasteiger partial charge in [-0.2, -0.15) is 4.39 Å². The Kier molecular flexibility index (Phi) is 5.93. The molecule has 6 nitrogen and oxygen atoms in total. The van der Waals surface area contributed by atoms with Crippen molar-refractivity contribution < 1.29 is 4.39 Å². The van der Waals surface area contributed by atoms with Crippen molar-refractivity contribution in [1.29, 1.82) is 0 Å². The summed E-state index contributed by atoms with van der Waals surface area (Å²) in [5.74, 6) is 0.507. The lowest BCUT2D eigenvalue weighted by atomic mass is 9.98. The summed E-state index contributed by atoms with van der Waals surface area (Å²) in [6, 6.07) is 17.1. The average Bonchev–Trinajstić information content (AvgIpc) is 3.73. The number of halogens is 1. The SMILES string of the molecule is Nc1nc(F)c(-c2ccc(N3CCN(CCC4CC4)CC3)cc2)cc1-c1ccc2c(=O)[nH]ccc2c1. The topological polar surface area (TPSA) is 78.2 Å². The Hall–Kier alpha value is -3.71. The molecule has 2 fully saturated rings. The van der Waals surface area contributed by atoms with Gasteiger partial charge in [-0.3, -0.25) is 9.69 Å². The van der Waals surface area contributed by atoms with E-state index in [9.17, 15) is 9.18 Å². The van der Waals surface area contributed by atoms with Gasteiger partial charge in [-0.25, -0.2) is 4.98 Å². The van der Waals surface area contributed by atoms with E-state index in [0.717, 1.165) is 54.3 Å².